The summed E-state index contributed by atoms with van der Waals surface area (Å²) < 4.78 is 0. The summed E-state index contributed by atoms with van der Waals surface area (Å²) in [6, 6.07) is 12.6. The summed E-state index contributed by atoms with van der Waals surface area (Å²) >= 11 is 0. The van der Waals surface area contributed by atoms with Gasteiger partial charge in [-0.1, -0.05) is 29.8 Å². The quantitative estimate of drug-likeness (QED) is 0.894. The first-order valence-electron chi connectivity index (χ1n) is 6.10. The molecule has 0 aliphatic rings. The first-order chi connectivity index (χ1) is 8.69. The minimum absolute atomic E-state index is 0.478. The van der Waals surface area contributed by atoms with E-state index in [0.717, 1.165) is 17.9 Å². The summed E-state index contributed by atoms with van der Waals surface area (Å²) in [7, 11) is 2.08. The molecule has 0 spiro atoms. The Morgan fingerprint density at radius 3 is 2.78 bits per heavy atom. The average molecular weight is 241 g/mol. The fraction of sp³-hybridized carbons (Fsp3) is 0.267. The number of hydrogen-bond donors (Lipinski definition) is 1. The molecule has 18 heavy (non-hydrogen) atoms. The van der Waals surface area contributed by atoms with Crippen molar-refractivity contribution in [3.05, 3.63) is 59.4 Å². The molecule has 2 N–H and O–H groups in total. The van der Waals surface area contributed by atoms with Gasteiger partial charge < -0.3 is 10.6 Å². The third-order valence-corrected chi connectivity index (χ3v) is 2.95. The van der Waals surface area contributed by atoms with E-state index < -0.39 is 0 Å². The van der Waals surface area contributed by atoms with E-state index >= 15 is 0 Å². The van der Waals surface area contributed by atoms with Crippen molar-refractivity contribution in [3.8, 4) is 0 Å². The van der Waals surface area contributed by atoms with Gasteiger partial charge in [0.1, 0.15) is 0 Å². The molecule has 0 radical (unpaired) electrons. The smallest absolute Gasteiger partial charge is 0.0560 e. The number of aromatic nitrogens is 1. The van der Waals surface area contributed by atoms with Gasteiger partial charge in [0.25, 0.3) is 0 Å². The Morgan fingerprint density at radius 2 is 2.06 bits per heavy atom. The van der Waals surface area contributed by atoms with Gasteiger partial charge in [-0.15, -0.1) is 0 Å². The second-order valence-corrected chi connectivity index (χ2v) is 4.55. The molecule has 0 fully saturated rings. The molecule has 1 aromatic carbocycles. The molecule has 0 bridgehead atoms. The monoisotopic (exact) mass is 241 g/mol. The van der Waals surface area contributed by atoms with Gasteiger partial charge in [0.05, 0.1) is 5.69 Å². The van der Waals surface area contributed by atoms with Crippen molar-refractivity contribution in [2.45, 2.75) is 20.0 Å². The van der Waals surface area contributed by atoms with E-state index in [2.05, 4.69) is 48.1 Å². The van der Waals surface area contributed by atoms with Crippen molar-refractivity contribution in [1.29, 1.82) is 0 Å². The lowest BCUT2D eigenvalue weighted by Gasteiger charge is -2.20. The van der Waals surface area contributed by atoms with Gasteiger partial charge in [-0.05, 0) is 24.6 Å². The summed E-state index contributed by atoms with van der Waals surface area (Å²) in [5, 5.41) is 0. The summed E-state index contributed by atoms with van der Waals surface area (Å²) in [6.07, 6.45) is 1.81. The Balaban J connectivity index is 2.13. The molecule has 1 aromatic heterocycles. The summed E-state index contributed by atoms with van der Waals surface area (Å²) in [5.41, 5.74) is 10.3. The molecule has 3 heteroatoms. The zero-order chi connectivity index (χ0) is 13.0. The number of pyridine rings is 1. The third-order valence-electron chi connectivity index (χ3n) is 2.95. The lowest BCUT2D eigenvalue weighted by atomic mass is 10.1. The summed E-state index contributed by atoms with van der Waals surface area (Å²) in [5.74, 6) is 0. The Hall–Kier alpha value is -1.87. The van der Waals surface area contributed by atoms with E-state index in [1.54, 1.807) is 0 Å². The summed E-state index contributed by atoms with van der Waals surface area (Å²) in [4.78, 5) is 6.41. The number of hydrogen-bond acceptors (Lipinski definition) is 3. The minimum atomic E-state index is 0.478. The largest absolute Gasteiger partial charge is 0.370 e. The fourth-order valence-corrected chi connectivity index (χ4v) is 1.99. The zero-order valence-corrected chi connectivity index (χ0v) is 10.9. The van der Waals surface area contributed by atoms with Gasteiger partial charge in [0.15, 0.2) is 0 Å². The highest BCUT2D eigenvalue weighted by Gasteiger charge is 2.03. The second-order valence-electron chi connectivity index (χ2n) is 4.55. The highest BCUT2D eigenvalue weighted by Crippen LogP contribution is 2.16. The van der Waals surface area contributed by atoms with Gasteiger partial charge in [-0.2, -0.15) is 0 Å². The maximum absolute atomic E-state index is 5.61. The molecule has 0 amide bonds. The maximum Gasteiger partial charge on any atom is 0.0560 e. The van der Waals surface area contributed by atoms with E-state index in [1.165, 1.54) is 11.1 Å². The number of aryl methyl sites for hydroxylation is 1. The van der Waals surface area contributed by atoms with Crippen molar-refractivity contribution in [3.63, 3.8) is 0 Å². The van der Waals surface area contributed by atoms with E-state index in [4.69, 9.17) is 5.73 Å². The highest BCUT2D eigenvalue weighted by molar-refractivity contribution is 5.46. The van der Waals surface area contributed by atoms with Crippen LogP contribution in [0.25, 0.3) is 0 Å². The van der Waals surface area contributed by atoms with Crippen molar-refractivity contribution in [2.24, 2.45) is 5.73 Å². The topological polar surface area (TPSA) is 42.2 Å². The van der Waals surface area contributed by atoms with Crippen molar-refractivity contribution >= 4 is 5.69 Å². The third kappa shape index (κ3) is 3.08. The highest BCUT2D eigenvalue weighted by atomic mass is 15.1. The molecular formula is C15H19N3. The molecule has 0 saturated carbocycles. The maximum atomic E-state index is 5.61. The Labute approximate surface area is 108 Å². The molecule has 0 aliphatic heterocycles. The molecule has 3 nitrogen and oxygen atoms in total. The molecule has 0 aliphatic carbocycles. The van der Waals surface area contributed by atoms with Crippen molar-refractivity contribution < 1.29 is 0 Å². The van der Waals surface area contributed by atoms with Crippen LogP contribution in [-0.4, -0.2) is 12.0 Å². The summed E-state index contributed by atoms with van der Waals surface area (Å²) in [6.45, 7) is 3.48. The number of rotatable bonds is 4. The van der Waals surface area contributed by atoms with Gasteiger partial charge in [0, 0.05) is 32.0 Å². The average Bonchev–Trinajstić information content (AvgIpc) is 2.39. The van der Waals surface area contributed by atoms with Crippen LogP contribution in [0.2, 0.25) is 0 Å². The van der Waals surface area contributed by atoms with Gasteiger partial charge in [0.2, 0.25) is 0 Å². The minimum Gasteiger partial charge on any atom is -0.370 e. The predicted molar refractivity (Wildman–Crippen MR) is 75.4 cm³/mol. The molecule has 1 heterocycles. The van der Waals surface area contributed by atoms with Gasteiger partial charge >= 0.3 is 0 Å². The lowest BCUT2D eigenvalue weighted by molar-refractivity contribution is 0.907. The number of anilines is 1. The number of benzene rings is 1. The van der Waals surface area contributed by atoms with Crippen LogP contribution < -0.4 is 10.6 Å². The van der Waals surface area contributed by atoms with Gasteiger partial charge in [-0.25, -0.2) is 0 Å². The van der Waals surface area contributed by atoms with E-state index in [9.17, 15) is 0 Å². The van der Waals surface area contributed by atoms with Crippen LogP contribution in [0.1, 0.15) is 16.8 Å². The van der Waals surface area contributed by atoms with Crippen LogP contribution in [0.4, 0.5) is 5.69 Å². The van der Waals surface area contributed by atoms with Crippen LogP contribution in [0.5, 0.6) is 0 Å². The molecule has 94 valence electrons. The second kappa shape index (κ2) is 5.65. The van der Waals surface area contributed by atoms with Crippen LogP contribution in [0.15, 0.2) is 42.6 Å². The van der Waals surface area contributed by atoms with Crippen molar-refractivity contribution in [1.82, 2.24) is 4.98 Å². The normalized spacial score (nSPS) is 10.4. The van der Waals surface area contributed by atoms with E-state index in [1.807, 2.05) is 18.3 Å². The fourth-order valence-electron chi connectivity index (χ4n) is 1.99. The zero-order valence-electron chi connectivity index (χ0n) is 10.9. The SMILES string of the molecule is Cc1cccc(CN(C)c2ccnc(CN)c2)c1. The Bertz CT molecular complexity index is 523. The van der Waals surface area contributed by atoms with Crippen molar-refractivity contribution in [2.75, 3.05) is 11.9 Å². The molecule has 0 atom stereocenters. The molecule has 0 unspecified atom stereocenters. The Morgan fingerprint density at radius 1 is 1.22 bits per heavy atom. The van der Waals surface area contributed by atoms with E-state index in [-0.39, 0.29) is 0 Å². The van der Waals surface area contributed by atoms with Crippen LogP contribution in [-0.2, 0) is 13.1 Å². The molecular weight excluding hydrogens is 222 g/mol. The number of nitrogens with zero attached hydrogens (tertiary/aromatic N) is 2. The molecule has 0 saturated heterocycles. The standard InChI is InChI=1S/C15H19N3/c1-12-4-3-5-13(8-12)11-18(2)15-6-7-17-14(9-15)10-16/h3-9H,10-11,16H2,1-2H3. The molecule has 2 aromatic rings. The van der Waals surface area contributed by atoms with Gasteiger partial charge in [-0.3, -0.25) is 4.98 Å². The molecule has 2 rings (SSSR count). The first kappa shape index (κ1) is 12.6. The van der Waals surface area contributed by atoms with Crippen LogP contribution in [0, 0.1) is 6.92 Å². The van der Waals surface area contributed by atoms with Crippen LogP contribution in [0.3, 0.4) is 0 Å². The van der Waals surface area contributed by atoms with E-state index in [0.29, 0.717) is 6.54 Å². The first-order valence-corrected chi connectivity index (χ1v) is 6.10. The number of nitrogens with two attached hydrogens (primary N) is 1. The lowest BCUT2D eigenvalue weighted by Crippen LogP contribution is -2.17. The Kier molecular flexibility index (Phi) is 3.95. The predicted octanol–water partition coefficient (Wildman–Crippen LogP) is 2.49. The van der Waals surface area contributed by atoms with Crippen LogP contribution >= 0.6 is 0 Å².